The molecule has 1 aromatic carbocycles. The quantitative estimate of drug-likeness (QED) is 0.865. The number of hydrogen-bond donors (Lipinski definition) is 2. The molecule has 0 bridgehead atoms. The second kappa shape index (κ2) is 5.29. The minimum Gasteiger partial charge on any atom is -0.388 e. The van der Waals surface area contributed by atoms with Crippen LogP contribution in [0.4, 0.5) is 5.69 Å². The summed E-state index contributed by atoms with van der Waals surface area (Å²) < 4.78 is 0. The lowest BCUT2D eigenvalue weighted by Crippen LogP contribution is -2.46. The third kappa shape index (κ3) is 3.03. The summed E-state index contributed by atoms with van der Waals surface area (Å²) in [6.45, 7) is 5.54. The average Bonchev–Trinajstić information content (AvgIpc) is 2.37. The molecule has 0 aliphatic carbocycles. The molecule has 2 rings (SSSR count). The standard InChI is InChI=1S/C15H23NO2/c1-3-14(17)12-5-7-13(8-6-12)16-10-4-9-15(2,18)11-16/h5-8,14,17-18H,3-4,9-11H2,1-2H3/t14-,15?/m0/s1. The molecule has 1 saturated heterocycles. The van der Waals surface area contributed by atoms with Crippen molar-refractivity contribution in [3.05, 3.63) is 29.8 Å². The molecule has 1 aromatic rings. The molecule has 1 aliphatic heterocycles. The van der Waals surface area contributed by atoms with Gasteiger partial charge in [-0.1, -0.05) is 19.1 Å². The molecule has 0 saturated carbocycles. The molecule has 100 valence electrons. The number of hydrogen-bond acceptors (Lipinski definition) is 3. The second-order valence-corrected chi connectivity index (χ2v) is 5.54. The molecule has 0 spiro atoms. The number of rotatable bonds is 3. The van der Waals surface area contributed by atoms with Crippen molar-refractivity contribution in [1.82, 2.24) is 0 Å². The third-order valence-corrected chi connectivity index (χ3v) is 3.70. The minimum atomic E-state index is -0.583. The molecule has 1 fully saturated rings. The average molecular weight is 249 g/mol. The third-order valence-electron chi connectivity index (χ3n) is 3.70. The Kier molecular flexibility index (Phi) is 3.93. The first kappa shape index (κ1) is 13.4. The summed E-state index contributed by atoms with van der Waals surface area (Å²) in [7, 11) is 0. The summed E-state index contributed by atoms with van der Waals surface area (Å²) in [4.78, 5) is 2.21. The van der Waals surface area contributed by atoms with E-state index >= 15 is 0 Å². The highest BCUT2D eigenvalue weighted by Gasteiger charge is 2.28. The smallest absolute Gasteiger partial charge is 0.0794 e. The van der Waals surface area contributed by atoms with Gasteiger partial charge in [-0.15, -0.1) is 0 Å². The Morgan fingerprint density at radius 1 is 1.33 bits per heavy atom. The van der Waals surface area contributed by atoms with E-state index in [0.717, 1.165) is 37.1 Å². The fraction of sp³-hybridized carbons (Fsp3) is 0.600. The van der Waals surface area contributed by atoms with Gasteiger partial charge in [0.2, 0.25) is 0 Å². The van der Waals surface area contributed by atoms with E-state index in [4.69, 9.17) is 0 Å². The number of aliphatic hydroxyl groups excluding tert-OH is 1. The van der Waals surface area contributed by atoms with Crippen molar-refractivity contribution >= 4 is 5.69 Å². The number of piperidine rings is 1. The van der Waals surface area contributed by atoms with Crippen molar-refractivity contribution in [2.45, 2.75) is 44.8 Å². The zero-order chi connectivity index (χ0) is 13.2. The number of benzene rings is 1. The first-order chi connectivity index (χ1) is 8.52. The zero-order valence-electron chi connectivity index (χ0n) is 11.3. The van der Waals surface area contributed by atoms with Crippen LogP contribution in [0.1, 0.15) is 44.8 Å². The lowest BCUT2D eigenvalue weighted by molar-refractivity contribution is 0.0449. The van der Waals surface area contributed by atoms with Gasteiger partial charge < -0.3 is 15.1 Å². The molecule has 1 aliphatic rings. The van der Waals surface area contributed by atoms with E-state index in [1.807, 2.05) is 38.1 Å². The molecule has 1 heterocycles. The van der Waals surface area contributed by atoms with Crippen LogP contribution in [0.25, 0.3) is 0 Å². The van der Waals surface area contributed by atoms with E-state index in [9.17, 15) is 10.2 Å². The Labute approximate surface area is 109 Å². The van der Waals surface area contributed by atoms with E-state index in [1.54, 1.807) is 0 Å². The van der Waals surface area contributed by atoms with E-state index < -0.39 is 5.60 Å². The Morgan fingerprint density at radius 3 is 2.56 bits per heavy atom. The molecule has 0 radical (unpaired) electrons. The molecule has 3 nitrogen and oxygen atoms in total. The molecular formula is C15H23NO2. The van der Waals surface area contributed by atoms with E-state index in [1.165, 1.54) is 0 Å². The van der Waals surface area contributed by atoms with Crippen LogP contribution in [0, 0.1) is 0 Å². The summed E-state index contributed by atoms with van der Waals surface area (Å²) in [5.41, 5.74) is 1.51. The van der Waals surface area contributed by atoms with Crippen LogP contribution >= 0.6 is 0 Å². The lowest BCUT2D eigenvalue weighted by atomic mass is 9.94. The molecule has 2 atom stereocenters. The highest BCUT2D eigenvalue weighted by Crippen LogP contribution is 2.27. The van der Waals surface area contributed by atoms with Gasteiger partial charge in [0.05, 0.1) is 11.7 Å². The molecule has 2 N–H and O–H groups in total. The van der Waals surface area contributed by atoms with Crippen LogP contribution in [0.2, 0.25) is 0 Å². The van der Waals surface area contributed by atoms with Crippen molar-refractivity contribution in [3.8, 4) is 0 Å². The van der Waals surface area contributed by atoms with Gasteiger partial charge in [-0.3, -0.25) is 0 Å². The van der Waals surface area contributed by atoms with Crippen molar-refractivity contribution in [3.63, 3.8) is 0 Å². The summed E-state index contributed by atoms with van der Waals surface area (Å²) in [5.74, 6) is 0. The molecule has 0 aromatic heterocycles. The SMILES string of the molecule is CC[C@H](O)c1ccc(N2CCCC(C)(O)C2)cc1. The van der Waals surface area contributed by atoms with Gasteiger partial charge >= 0.3 is 0 Å². The normalized spacial score (nSPS) is 26.1. The number of anilines is 1. The first-order valence-corrected chi connectivity index (χ1v) is 6.77. The minimum absolute atomic E-state index is 0.372. The molecule has 0 amide bonds. The number of nitrogens with zero attached hydrogens (tertiary/aromatic N) is 1. The maximum absolute atomic E-state index is 10.1. The van der Waals surface area contributed by atoms with Gasteiger partial charge in [-0.25, -0.2) is 0 Å². The molecule has 18 heavy (non-hydrogen) atoms. The summed E-state index contributed by atoms with van der Waals surface area (Å²) in [6.07, 6.45) is 2.25. The highest BCUT2D eigenvalue weighted by molar-refractivity contribution is 5.48. The predicted octanol–water partition coefficient (Wildman–Crippen LogP) is 2.48. The maximum Gasteiger partial charge on any atom is 0.0794 e. The van der Waals surface area contributed by atoms with E-state index in [0.29, 0.717) is 6.54 Å². The zero-order valence-corrected chi connectivity index (χ0v) is 11.3. The lowest BCUT2D eigenvalue weighted by Gasteiger charge is -2.38. The fourth-order valence-corrected chi connectivity index (χ4v) is 2.58. The molecular weight excluding hydrogens is 226 g/mol. The van der Waals surface area contributed by atoms with Gasteiger partial charge in [-0.05, 0) is 43.9 Å². The largest absolute Gasteiger partial charge is 0.388 e. The molecule has 1 unspecified atom stereocenters. The van der Waals surface area contributed by atoms with Crippen LogP contribution in [-0.4, -0.2) is 28.9 Å². The van der Waals surface area contributed by atoms with E-state index in [2.05, 4.69) is 4.90 Å². The van der Waals surface area contributed by atoms with Crippen LogP contribution in [0.5, 0.6) is 0 Å². The highest BCUT2D eigenvalue weighted by atomic mass is 16.3. The monoisotopic (exact) mass is 249 g/mol. The number of β-amino-alcohol motifs (C(OH)–C–C–N with tert-alkyl or cyclic N) is 1. The Morgan fingerprint density at radius 2 is 2.00 bits per heavy atom. The fourth-order valence-electron chi connectivity index (χ4n) is 2.58. The summed E-state index contributed by atoms with van der Waals surface area (Å²) in [6, 6.07) is 8.03. The van der Waals surface area contributed by atoms with Crippen LogP contribution in [0.3, 0.4) is 0 Å². The van der Waals surface area contributed by atoms with Gasteiger partial charge in [0.1, 0.15) is 0 Å². The van der Waals surface area contributed by atoms with Crippen molar-refractivity contribution in [2.24, 2.45) is 0 Å². The Balaban J connectivity index is 2.09. The van der Waals surface area contributed by atoms with Crippen molar-refractivity contribution in [2.75, 3.05) is 18.0 Å². The van der Waals surface area contributed by atoms with Gasteiger partial charge in [0.15, 0.2) is 0 Å². The summed E-state index contributed by atoms with van der Waals surface area (Å²) >= 11 is 0. The van der Waals surface area contributed by atoms with Crippen LogP contribution in [0.15, 0.2) is 24.3 Å². The summed E-state index contributed by atoms with van der Waals surface area (Å²) in [5, 5.41) is 19.9. The van der Waals surface area contributed by atoms with Crippen molar-refractivity contribution in [1.29, 1.82) is 0 Å². The topological polar surface area (TPSA) is 43.7 Å². The Hall–Kier alpha value is -1.06. The van der Waals surface area contributed by atoms with E-state index in [-0.39, 0.29) is 6.10 Å². The van der Waals surface area contributed by atoms with Crippen LogP contribution in [-0.2, 0) is 0 Å². The van der Waals surface area contributed by atoms with Gasteiger partial charge in [0.25, 0.3) is 0 Å². The maximum atomic E-state index is 10.1. The van der Waals surface area contributed by atoms with Gasteiger partial charge in [0, 0.05) is 18.8 Å². The van der Waals surface area contributed by atoms with Gasteiger partial charge in [-0.2, -0.15) is 0 Å². The predicted molar refractivity (Wildman–Crippen MR) is 73.8 cm³/mol. The number of aliphatic hydroxyl groups is 2. The van der Waals surface area contributed by atoms with Crippen molar-refractivity contribution < 1.29 is 10.2 Å². The Bertz CT molecular complexity index is 386. The first-order valence-electron chi connectivity index (χ1n) is 6.77. The second-order valence-electron chi connectivity index (χ2n) is 5.54. The molecule has 3 heteroatoms. The van der Waals surface area contributed by atoms with Crippen LogP contribution < -0.4 is 4.90 Å².